The third-order valence-electron chi connectivity index (χ3n) is 4.73. The minimum Gasteiger partial charge on any atom is -0.347 e. The van der Waals surface area contributed by atoms with Crippen molar-refractivity contribution in [1.82, 2.24) is 24.8 Å². The van der Waals surface area contributed by atoms with Crippen molar-refractivity contribution >= 4 is 23.4 Å². The Bertz CT molecular complexity index is 861. The highest BCUT2D eigenvalue weighted by Crippen LogP contribution is 2.34. The van der Waals surface area contributed by atoms with Crippen LogP contribution in [0.15, 0.2) is 36.5 Å². The molecule has 3 heterocycles. The van der Waals surface area contributed by atoms with E-state index >= 15 is 0 Å². The standard InChI is InChI=1S/C17H17N5O3/c23-15(18-9-14-20-19-13-7-3-4-8-21(13)14)10-22-16(24)11-5-1-2-6-12(11)17(22)25/h1-4,7-8,11-12H,5-6,9-10H2,(H,18,23)/t11-,12-/m0/s1. The fourth-order valence-electron chi connectivity index (χ4n) is 3.41. The van der Waals surface area contributed by atoms with E-state index in [1.807, 2.05) is 36.5 Å². The summed E-state index contributed by atoms with van der Waals surface area (Å²) in [6.07, 6.45) is 6.79. The number of rotatable bonds is 4. The molecule has 1 N–H and O–H groups in total. The predicted molar refractivity (Wildman–Crippen MR) is 86.9 cm³/mol. The number of pyridine rings is 1. The van der Waals surface area contributed by atoms with Gasteiger partial charge in [0.2, 0.25) is 17.7 Å². The highest BCUT2D eigenvalue weighted by Gasteiger charge is 2.47. The largest absolute Gasteiger partial charge is 0.347 e. The highest BCUT2D eigenvalue weighted by atomic mass is 16.2. The lowest BCUT2D eigenvalue weighted by Crippen LogP contribution is -2.41. The van der Waals surface area contributed by atoms with Gasteiger partial charge in [0.05, 0.1) is 18.4 Å². The molecule has 0 aromatic carbocycles. The SMILES string of the molecule is O=C(CN1C(=O)[C@H]2CC=CC[C@@H]2C1=O)NCc1nnc2ccccn12. The average Bonchev–Trinajstić information content (AvgIpc) is 3.15. The molecular formula is C17H17N5O3. The molecule has 1 fully saturated rings. The molecule has 2 aromatic heterocycles. The maximum Gasteiger partial charge on any atom is 0.240 e. The number of amides is 3. The molecule has 1 saturated heterocycles. The molecular weight excluding hydrogens is 322 g/mol. The second-order valence-electron chi connectivity index (χ2n) is 6.24. The number of nitrogens with zero attached hydrogens (tertiary/aromatic N) is 4. The Morgan fingerprint density at radius 3 is 2.56 bits per heavy atom. The molecule has 1 aliphatic carbocycles. The van der Waals surface area contributed by atoms with Gasteiger partial charge < -0.3 is 5.32 Å². The zero-order chi connectivity index (χ0) is 17.4. The summed E-state index contributed by atoms with van der Waals surface area (Å²) in [5.74, 6) is -0.928. The van der Waals surface area contributed by atoms with Crippen LogP contribution in [-0.4, -0.2) is 43.8 Å². The van der Waals surface area contributed by atoms with Gasteiger partial charge in [-0.25, -0.2) is 0 Å². The Labute approximate surface area is 143 Å². The molecule has 4 rings (SSSR count). The Morgan fingerprint density at radius 2 is 1.84 bits per heavy atom. The smallest absolute Gasteiger partial charge is 0.240 e. The van der Waals surface area contributed by atoms with Crippen molar-refractivity contribution in [3.8, 4) is 0 Å². The molecule has 8 nitrogen and oxygen atoms in total. The minimum absolute atomic E-state index is 0.175. The molecule has 8 heteroatoms. The van der Waals surface area contributed by atoms with Gasteiger partial charge in [-0.2, -0.15) is 0 Å². The lowest BCUT2D eigenvalue weighted by atomic mass is 9.85. The van der Waals surface area contributed by atoms with E-state index < -0.39 is 0 Å². The van der Waals surface area contributed by atoms with Crippen LogP contribution >= 0.6 is 0 Å². The van der Waals surface area contributed by atoms with E-state index in [-0.39, 0.29) is 42.6 Å². The fraction of sp³-hybridized carbons (Fsp3) is 0.353. The first-order chi connectivity index (χ1) is 12.1. The summed E-state index contributed by atoms with van der Waals surface area (Å²) in [5.41, 5.74) is 0.688. The molecule has 0 bridgehead atoms. The van der Waals surface area contributed by atoms with Gasteiger partial charge in [-0.3, -0.25) is 23.7 Å². The van der Waals surface area contributed by atoms with Gasteiger partial charge in [0.1, 0.15) is 6.54 Å². The number of hydrogen-bond acceptors (Lipinski definition) is 5. The van der Waals surface area contributed by atoms with Crippen molar-refractivity contribution in [2.24, 2.45) is 11.8 Å². The van der Waals surface area contributed by atoms with Gasteiger partial charge in [-0.1, -0.05) is 18.2 Å². The van der Waals surface area contributed by atoms with Crippen LogP contribution < -0.4 is 5.32 Å². The van der Waals surface area contributed by atoms with Crippen molar-refractivity contribution in [3.63, 3.8) is 0 Å². The number of carbonyl (C=O) groups excluding carboxylic acids is 3. The summed E-state index contributed by atoms with van der Waals surface area (Å²) in [7, 11) is 0. The van der Waals surface area contributed by atoms with Crippen molar-refractivity contribution in [2.75, 3.05) is 6.54 Å². The predicted octanol–water partition coefficient (Wildman–Crippen LogP) is 0.297. The summed E-state index contributed by atoms with van der Waals surface area (Å²) in [6, 6.07) is 5.51. The van der Waals surface area contributed by atoms with E-state index in [4.69, 9.17) is 0 Å². The van der Waals surface area contributed by atoms with Gasteiger partial charge in [-0.05, 0) is 25.0 Å². The molecule has 25 heavy (non-hydrogen) atoms. The topological polar surface area (TPSA) is 96.7 Å². The van der Waals surface area contributed by atoms with Gasteiger partial charge in [0.25, 0.3) is 0 Å². The maximum absolute atomic E-state index is 12.4. The van der Waals surface area contributed by atoms with Crippen molar-refractivity contribution < 1.29 is 14.4 Å². The highest BCUT2D eigenvalue weighted by molar-refractivity contribution is 6.07. The number of fused-ring (bicyclic) bond motifs is 2. The summed E-state index contributed by atoms with van der Waals surface area (Å²) in [6.45, 7) is -0.0734. The monoisotopic (exact) mass is 339 g/mol. The van der Waals surface area contributed by atoms with Gasteiger partial charge >= 0.3 is 0 Å². The Hall–Kier alpha value is -3.03. The second kappa shape index (κ2) is 6.12. The minimum atomic E-state index is -0.388. The number of carbonyl (C=O) groups is 3. The van der Waals surface area contributed by atoms with E-state index in [2.05, 4.69) is 15.5 Å². The number of nitrogens with one attached hydrogen (secondary N) is 1. The molecule has 0 radical (unpaired) electrons. The first-order valence-corrected chi connectivity index (χ1v) is 8.20. The molecule has 1 aliphatic heterocycles. The number of hydrogen-bond donors (Lipinski definition) is 1. The van der Waals surface area contributed by atoms with Crippen LogP contribution in [-0.2, 0) is 20.9 Å². The maximum atomic E-state index is 12.4. The Balaban J connectivity index is 1.39. The van der Waals surface area contributed by atoms with Crippen LogP contribution in [0, 0.1) is 11.8 Å². The van der Waals surface area contributed by atoms with Crippen LogP contribution in [0.4, 0.5) is 0 Å². The summed E-state index contributed by atoms with van der Waals surface area (Å²) >= 11 is 0. The van der Waals surface area contributed by atoms with Crippen molar-refractivity contribution in [2.45, 2.75) is 19.4 Å². The molecule has 2 atom stereocenters. The molecule has 3 amide bonds. The first-order valence-electron chi connectivity index (χ1n) is 8.20. The van der Waals surface area contributed by atoms with E-state index in [1.54, 1.807) is 4.40 Å². The van der Waals surface area contributed by atoms with Crippen LogP contribution in [0.2, 0.25) is 0 Å². The molecule has 0 spiro atoms. The van der Waals surface area contributed by atoms with E-state index in [0.717, 1.165) is 4.90 Å². The van der Waals surface area contributed by atoms with Gasteiger partial charge in [0, 0.05) is 6.20 Å². The van der Waals surface area contributed by atoms with Crippen molar-refractivity contribution in [1.29, 1.82) is 0 Å². The van der Waals surface area contributed by atoms with Crippen LogP contribution in [0.25, 0.3) is 5.65 Å². The van der Waals surface area contributed by atoms with Gasteiger partial charge in [0.15, 0.2) is 11.5 Å². The van der Waals surface area contributed by atoms with Crippen LogP contribution in [0.3, 0.4) is 0 Å². The Morgan fingerprint density at radius 1 is 1.12 bits per heavy atom. The average molecular weight is 339 g/mol. The zero-order valence-corrected chi connectivity index (χ0v) is 13.5. The van der Waals surface area contributed by atoms with E-state index in [9.17, 15) is 14.4 Å². The van der Waals surface area contributed by atoms with Crippen LogP contribution in [0.5, 0.6) is 0 Å². The van der Waals surface area contributed by atoms with E-state index in [0.29, 0.717) is 24.3 Å². The summed E-state index contributed by atoms with van der Waals surface area (Å²) in [5, 5.41) is 10.7. The summed E-state index contributed by atoms with van der Waals surface area (Å²) in [4.78, 5) is 38.0. The molecule has 0 unspecified atom stereocenters. The van der Waals surface area contributed by atoms with Crippen LogP contribution in [0.1, 0.15) is 18.7 Å². The third kappa shape index (κ3) is 2.69. The second-order valence-corrected chi connectivity index (χ2v) is 6.24. The summed E-state index contributed by atoms with van der Waals surface area (Å²) < 4.78 is 1.77. The number of imide groups is 1. The number of aromatic nitrogens is 3. The normalized spacial score (nSPS) is 22.5. The Kier molecular flexibility index (Phi) is 3.79. The fourth-order valence-corrected chi connectivity index (χ4v) is 3.41. The number of allylic oxidation sites excluding steroid dienone is 2. The van der Waals surface area contributed by atoms with E-state index in [1.165, 1.54) is 0 Å². The van der Waals surface area contributed by atoms with Crippen molar-refractivity contribution in [3.05, 3.63) is 42.4 Å². The first kappa shape index (κ1) is 15.5. The molecule has 0 saturated carbocycles. The number of likely N-dealkylation sites (tertiary alicyclic amines) is 1. The molecule has 2 aliphatic rings. The lowest BCUT2D eigenvalue weighted by Gasteiger charge is -2.14. The van der Waals surface area contributed by atoms with Gasteiger partial charge in [-0.15, -0.1) is 10.2 Å². The molecule has 2 aromatic rings. The zero-order valence-electron chi connectivity index (χ0n) is 13.5. The molecule has 128 valence electrons. The lowest BCUT2D eigenvalue weighted by molar-refractivity contribution is -0.143. The third-order valence-corrected chi connectivity index (χ3v) is 4.73. The quantitative estimate of drug-likeness (QED) is 0.638.